The summed E-state index contributed by atoms with van der Waals surface area (Å²) in [6.45, 7) is 0. The summed E-state index contributed by atoms with van der Waals surface area (Å²) >= 11 is 1.79. The molecule has 0 aliphatic carbocycles. The summed E-state index contributed by atoms with van der Waals surface area (Å²) in [7, 11) is 0. The SMILES string of the molecule is c1ccc(-c2ccc3ccc4ccc(-c5nc(-c6cccc7oc8ccccc8c67)nc(-c6cccc7sc8ccccc8c67)n5)cc4c3c2)cc1. The quantitative estimate of drug-likeness (QED) is 0.174. The molecular weight excluding hydrogens is 655 g/mol. The number of fused-ring (bicyclic) bond motifs is 9. The van der Waals surface area contributed by atoms with E-state index in [9.17, 15) is 0 Å². The van der Waals surface area contributed by atoms with Crippen molar-refractivity contribution in [1.82, 2.24) is 15.0 Å². The van der Waals surface area contributed by atoms with Gasteiger partial charge in [-0.1, -0.05) is 127 Å². The average Bonchev–Trinajstić information content (AvgIpc) is 3.79. The third kappa shape index (κ3) is 4.57. The number of thiophene rings is 1. The summed E-state index contributed by atoms with van der Waals surface area (Å²) in [5, 5.41) is 9.11. The molecular formula is C47H27N3OS. The van der Waals surface area contributed by atoms with Gasteiger partial charge in [-0.3, -0.25) is 0 Å². The van der Waals surface area contributed by atoms with Gasteiger partial charge in [0.2, 0.25) is 0 Å². The van der Waals surface area contributed by atoms with Crippen molar-refractivity contribution in [2.45, 2.75) is 0 Å². The smallest absolute Gasteiger partial charge is 0.164 e. The van der Waals surface area contributed by atoms with Gasteiger partial charge in [0.15, 0.2) is 17.5 Å². The second-order valence-corrected chi connectivity index (χ2v) is 14.2. The normalized spacial score (nSPS) is 11.8. The van der Waals surface area contributed by atoms with E-state index in [1.54, 1.807) is 11.3 Å². The lowest BCUT2D eigenvalue weighted by atomic mass is 9.96. The molecule has 0 N–H and O–H groups in total. The Morgan fingerprint density at radius 3 is 1.75 bits per heavy atom. The van der Waals surface area contributed by atoms with Crippen molar-refractivity contribution in [3.8, 4) is 45.3 Å². The predicted octanol–water partition coefficient (Wildman–Crippen LogP) is 13.1. The molecule has 11 aromatic rings. The van der Waals surface area contributed by atoms with Crippen LogP contribution in [0.1, 0.15) is 0 Å². The molecule has 0 saturated heterocycles. The van der Waals surface area contributed by atoms with Crippen LogP contribution in [0.2, 0.25) is 0 Å². The van der Waals surface area contributed by atoms with Gasteiger partial charge in [-0.25, -0.2) is 15.0 Å². The number of hydrogen-bond acceptors (Lipinski definition) is 5. The van der Waals surface area contributed by atoms with E-state index >= 15 is 0 Å². The van der Waals surface area contributed by atoms with Gasteiger partial charge in [-0.15, -0.1) is 11.3 Å². The average molecular weight is 682 g/mol. The van der Waals surface area contributed by atoms with E-state index in [0.29, 0.717) is 17.5 Å². The van der Waals surface area contributed by atoms with Crippen LogP contribution in [0.5, 0.6) is 0 Å². The van der Waals surface area contributed by atoms with E-state index in [1.807, 2.05) is 30.3 Å². The Kier molecular flexibility index (Phi) is 6.39. The summed E-state index contributed by atoms with van der Waals surface area (Å²) in [4.78, 5) is 15.8. The van der Waals surface area contributed by atoms with Gasteiger partial charge in [-0.05, 0) is 69.1 Å². The van der Waals surface area contributed by atoms with Gasteiger partial charge >= 0.3 is 0 Å². The lowest BCUT2D eigenvalue weighted by Crippen LogP contribution is -2.01. The van der Waals surface area contributed by atoms with Crippen molar-refractivity contribution < 1.29 is 4.42 Å². The van der Waals surface area contributed by atoms with Crippen molar-refractivity contribution >= 4 is 75.0 Å². The number of hydrogen-bond donors (Lipinski definition) is 0. The minimum atomic E-state index is 0.609. The molecule has 3 aromatic heterocycles. The highest BCUT2D eigenvalue weighted by Gasteiger charge is 2.20. The topological polar surface area (TPSA) is 51.8 Å². The van der Waals surface area contributed by atoms with Crippen molar-refractivity contribution in [3.05, 3.63) is 164 Å². The highest BCUT2D eigenvalue weighted by molar-refractivity contribution is 7.25. The molecule has 3 heterocycles. The van der Waals surface area contributed by atoms with E-state index in [4.69, 9.17) is 19.4 Å². The molecule has 8 aromatic carbocycles. The molecule has 0 bridgehead atoms. The molecule has 4 nitrogen and oxygen atoms in total. The molecule has 0 amide bonds. The Bertz CT molecular complexity index is 3060. The number of rotatable bonds is 4. The van der Waals surface area contributed by atoms with E-state index in [2.05, 4.69) is 133 Å². The molecule has 0 fully saturated rings. The molecule has 11 rings (SSSR count). The summed E-state index contributed by atoms with van der Waals surface area (Å²) < 4.78 is 8.75. The lowest BCUT2D eigenvalue weighted by Gasteiger charge is -2.12. The first-order valence-corrected chi connectivity index (χ1v) is 18.2. The lowest BCUT2D eigenvalue weighted by molar-refractivity contribution is 0.669. The Morgan fingerprint density at radius 2 is 0.942 bits per heavy atom. The molecule has 0 spiro atoms. The Labute approximate surface area is 302 Å². The van der Waals surface area contributed by atoms with Gasteiger partial charge in [0.05, 0.1) is 0 Å². The minimum Gasteiger partial charge on any atom is -0.456 e. The summed E-state index contributed by atoms with van der Waals surface area (Å²) in [6, 6.07) is 57.5. The zero-order valence-corrected chi connectivity index (χ0v) is 28.6. The maximum absolute atomic E-state index is 6.30. The van der Waals surface area contributed by atoms with Gasteiger partial charge in [0, 0.05) is 47.6 Å². The number of nitrogens with zero attached hydrogens (tertiary/aromatic N) is 3. The monoisotopic (exact) mass is 681 g/mol. The third-order valence-corrected chi connectivity index (χ3v) is 11.3. The van der Waals surface area contributed by atoms with Crippen LogP contribution in [-0.4, -0.2) is 15.0 Å². The summed E-state index contributed by atoms with van der Waals surface area (Å²) in [6.07, 6.45) is 0. The van der Waals surface area contributed by atoms with Crippen LogP contribution in [-0.2, 0) is 0 Å². The van der Waals surface area contributed by atoms with Crippen molar-refractivity contribution in [3.63, 3.8) is 0 Å². The van der Waals surface area contributed by atoms with Crippen LogP contribution >= 0.6 is 11.3 Å². The minimum absolute atomic E-state index is 0.609. The second kappa shape index (κ2) is 11.4. The van der Waals surface area contributed by atoms with Crippen molar-refractivity contribution in [2.24, 2.45) is 0 Å². The number of aromatic nitrogens is 3. The number of furan rings is 1. The first-order chi connectivity index (χ1) is 25.7. The van der Waals surface area contributed by atoms with Crippen molar-refractivity contribution in [1.29, 1.82) is 0 Å². The van der Waals surface area contributed by atoms with Crippen LogP contribution in [0.15, 0.2) is 168 Å². The third-order valence-electron chi connectivity index (χ3n) is 10.1. The maximum atomic E-state index is 6.30. The van der Waals surface area contributed by atoms with Gasteiger partial charge < -0.3 is 4.42 Å². The van der Waals surface area contributed by atoms with E-state index < -0.39 is 0 Å². The fourth-order valence-electron chi connectivity index (χ4n) is 7.67. The highest BCUT2D eigenvalue weighted by Crippen LogP contribution is 2.41. The molecule has 0 atom stereocenters. The summed E-state index contributed by atoms with van der Waals surface area (Å²) in [5.41, 5.74) is 6.86. The largest absolute Gasteiger partial charge is 0.456 e. The Hall–Kier alpha value is -6.69. The van der Waals surface area contributed by atoms with Crippen LogP contribution in [0.4, 0.5) is 0 Å². The molecule has 5 heteroatoms. The molecule has 52 heavy (non-hydrogen) atoms. The van der Waals surface area contributed by atoms with E-state index in [0.717, 1.165) is 49.4 Å². The van der Waals surface area contributed by atoms with Gasteiger partial charge in [-0.2, -0.15) is 0 Å². The standard InChI is InChI=1S/C47H27N3OS/c1-2-10-28(11-3-1)31-24-22-29-20-21-30-23-25-32(27-38(30)37(29)26-31)45-48-46(35-14-8-17-40-43(35)33-12-4-6-16-39(33)51-40)50-47(49-45)36-15-9-19-42-44(36)34-13-5-7-18-41(34)52-42/h1-27H. The molecule has 0 unspecified atom stereocenters. The van der Waals surface area contributed by atoms with Gasteiger partial charge in [0.1, 0.15) is 11.2 Å². The van der Waals surface area contributed by atoms with E-state index in [-0.39, 0.29) is 0 Å². The first kappa shape index (κ1) is 29.1. The highest BCUT2D eigenvalue weighted by atomic mass is 32.1. The zero-order chi connectivity index (χ0) is 34.2. The van der Waals surface area contributed by atoms with Crippen LogP contribution in [0.25, 0.3) is 109 Å². The summed E-state index contributed by atoms with van der Waals surface area (Å²) in [5.74, 6) is 1.88. The molecule has 0 saturated carbocycles. The molecule has 242 valence electrons. The number of para-hydroxylation sites is 1. The Morgan fingerprint density at radius 1 is 0.365 bits per heavy atom. The van der Waals surface area contributed by atoms with Crippen LogP contribution in [0.3, 0.4) is 0 Å². The molecule has 0 aliphatic rings. The molecule has 0 radical (unpaired) electrons. The van der Waals surface area contributed by atoms with Crippen LogP contribution in [0, 0.1) is 0 Å². The van der Waals surface area contributed by atoms with Gasteiger partial charge in [0.25, 0.3) is 0 Å². The Balaban J connectivity index is 1.19. The second-order valence-electron chi connectivity index (χ2n) is 13.2. The van der Waals surface area contributed by atoms with E-state index in [1.165, 1.54) is 42.1 Å². The zero-order valence-electron chi connectivity index (χ0n) is 27.7. The number of benzene rings is 8. The fourth-order valence-corrected chi connectivity index (χ4v) is 8.80. The van der Waals surface area contributed by atoms with Crippen LogP contribution < -0.4 is 0 Å². The molecule has 0 aliphatic heterocycles. The predicted molar refractivity (Wildman–Crippen MR) is 217 cm³/mol. The first-order valence-electron chi connectivity index (χ1n) is 17.3. The van der Waals surface area contributed by atoms with Crippen molar-refractivity contribution in [2.75, 3.05) is 0 Å². The maximum Gasteiger partial charge on any atom is 0.164 e. The fraction of sp³-hybridized carbons (Fsp3) is 0.